The maximum absolute atomic E-state index is 13.6. The average Bonchev–Trinajstić information content (AvgIpc) is 2.83. The van der Waals surface area contributed by atoms with Crippen molar-refractivity contribution in [2.24, 2.45) is 5.92 Å². The summed E-state index contributed by atoms with van der Waals surface area (Å²) in [7, 11) is 0. The summed E-state index contributed by atoms with van der Waals surface area (Å²) in [5, 5.41) is 3.65. The predicted molar refractivity (Wildman–Crippen MR) is 140 cm³/mol. The second kappa shape index (κ2) is 9.76. The lowest BCUT2D eigenvalue weighted by molar-refractivity contribution is -0.143. The molecule has 35 heavy (non-hydrogen) atoms. The first-order valence-electron chi connectivity index (χ1n) is 11.9. The van der Waals surface area contributed by atoms with Crippen LogP contribution in [0, 0.1) is 5.92 Å². The van der Waals surface area contributed by atoms with E-state index in [0.717, 1.165) is 45.9 Å². The van der Waals surface area contributed by atoms with Crippen molar-refractivity contribution in [2.45, 2.75) is 39.4 Å². The molecule has 1 aliphatic heterocycles. The number of hydrogen-bond donors (Lipinski definition) is 1. The van der Waals surface area contributed by atoms with Crippen LogP contribution >= 0.6 is 11.6 Å². The van der Waals surface area contributed by atoms with Gasteiger partial charge in [-0.15, -0.1) is 0 Å². The summed E-state index contributed by atoms with van der Waals surface area (Å²) in [6.45, 7) is 6.98. The zero-order valence-corrected chi connectivity index (χ0v) is 20.7. The molecule has 2 N–H and O–H groups in total. The highest BCUT2D eigenvalue weighted by Gasteiger charge is 2.35. The summed E-state index contributed by atoms with van der Waals surface area (Å²) in [6.07, 6.45) is 4.14. The van der Waals surface area contributed by atoms with E-state index in [-0.39, 0.29) is 11.9 Å². The highest BCUT2D eigenvalue weighted by atomic mass is 35.5. The standard InChI is InChI=1S/C27H29ClN6O/c1-17(2)9-25-27(35)34(14-18-3-6-23-24(10-18)31-16-32-26(23)29)8-7-33(25)15-22-12-19-4-5-21(28)11-20(19)13-30-22/h3-6,10-13,16-17,25H,7-9,14-15H2,1-2H3,(H2,29,31,32). The molecule has 1 amide bonds. The molecule has 0 radical (unpaired) electrons. The van der Waals surface area contributed by atoms with Crippen LogP contribution in [0.3, 0.4) is 0 Å². The van der Waals surface area contributed by atoms with Crippen LogP contribution in [0.4, 0.5) is 5.82 Å². The van der Waals surface area contributed by atoms with Crippen LogP contribution in [0.2, 0.25) is 5.02 Å². The Labute approximate surface area is 209 Å². The number of aromatic nitrogens is 3. The van der Waals surface area contributed by atoms with Crippen molar-refractivity contribution in [3.05, 3.63) is 71.3 Å². The summed E-state index contributed by atoms with van der Waals surface area (Å²) < 4.78 is 0. The van der Waals surface area contributed by atoms with Crippen LogP contribution in [0.15, 0.2) is 55.0 Å². The van der Waals surface area contributed by atoms with E-state index in [2.05, 4.69) is 39.8 Å². The summed E-state index contributed by atoms with van der Waals surface area (Å²) in [5.41, 5.74) is 8.75. The van der Waals surface area contributed by atoms with Gasteiger partial charge in [0, 0.05) is 48.2 Å². The van der Waals surface area contributed by atoms with Gasteiger partial charge in [-0.05, 0) is 53.6 Å². The molecule has 0 saturated carbocycles. The Kier molecular flexibility index (Phi) is 6.54. The van der Waals surface area contributed by atoms with Gasteiger partial charge >= 0.3 is 0 Å². The van der Waals surface area contributed by atoms with Crippen LogP contribution in [0.1, 0.15) is 31.5 Å². The number of amides is 1. The molecule has 1 fully saturated rings. The molecule has 5 rings (SSSR count). The monoisotopic (exact) mass is 488 g/mol. The second-order valence-corrected chi connectivity index (χ2v) is 10.1. The molecule has 0 aliphatic carbocycles. The number of nitrogens with two attached hydrogens (primary N) is 1. The van der Waals surface area contributed by atoms with Gasteiger partial charge in [0.25, 0.3) is 0 Å². The third-order valence-electron chi connectivity index (χ3n) is 6.60. The Hall–Kier alpha value is -3.29. The Morgan fingerprint density at radius 3 is 2.71 bits per heavy atom. The largest absolute Gasteiger partial charge is 0.383 e. The minimum atomic E-state index is -0.176. The molecule has 0 spiro atoms. The van der Waals surface area contributed by atoms with Crippen LogP contribution in [-0.4, -0.2) is 49.8 Å². The van der Waals surface area contributed by atoms with Crippen molar-refractivity contribution in [1.82, 2.24) is 24.8 Å². The zero-order chi connectivity index (χ0) is 24.5. The van der Waals surface area contributed by atoms with Crippen molar-refractivity contribution in [1.29, 1.82) is 0 Å². The van der Waals surface area contributed by atoms with E-state index in [9.17, 15) is 4.79 Å². The highest BCUT2D eigenvalue weighted by Crippen LogP contribution is 2.25. The van der Waals surface area contributed by atoms with Gasteiger partial charge in [0.1, 0.15) is 12.1 Å². The zero-order valence-electron chi connectivity index (χ0n) is 20.0. The number of halogens is 1. The quantitative estimate of drug-likeness (QED) is 0.424. The van der Waals surface area contributed by atoms with Crippen molar-refractivity contribution >= 4 is 45.0 Å². The first kappa shape index (κ1) is 23.5. The van der Waals surface area contributed by atoms with E-state index in [4.69, 9.17) is 17.3 Å². The number of benzene rings is 2. The van der Waals surface area contributed by atoms with Gasteiger partial charge in [-0.25, -0.2) is 9.97 Å². The molecule has 7 nitrogen and oxygen atoms in total. The summed E-state index contributed by atoms with van der Waals surface area (Å²) in [6, 6.07) is 13.7. The number of fused-ring (bicyclic) bond motifs is 2. The van der Waals surface area contributed by atoms with Gasteiger partial charge in [-0.2, -0.15) is 0 Å². The molecule has 2 aromatic heterocycles. The van der Waals surface area contributed by atoms with Gasteiger partial charge in [0.15, 0.2) is 0 Å². The van der Waals surface area contributed by atoms with E-state index < -0.39 is 0 Å². The Morgan fingerprint density at radius 1 is 1.03 bits per heavy atom. The highest BCUT2D eigenvalue weighted by molar-refractivity contribution is 6.31. The minimum Gasteiger partial charge on any atom is -0.383 e. The molecule has 3 heterocycles. The predicted octanol–water partition coefficient (Wildman–Crippen LogP) is 4.67. The second-order valence-electron chi connectivity index (χ2n) is 9.65. The Balaban J connectivity index is 1.34. The van der Waals surface area contributed by atoms with E-state index >= 15 is 0 Å². The number of carbonyl (C=O) groups excluding carboxylic acids is 1. The topological polar surface area (TPSA) is 88.2 Å². The fourth-order valence-corrected chi connectivity index (χ4v) is 5.00. The van der Waals surface area contributed by atoms with E-state index in [1.165, 1.54) is 6.33 Å². The third-order valence-corrected chi connectivity index (χ3v) is 6.84. The van der Waals surface area contributed by atoms with Crippen molar-refractivity contribution in [2.75, 3.05) is 18.8 Å². The van der Waals surface area contributed by atoms with Gasteiger partial charge in [-0.1, -0.05) is 37.6 Å². The number of rotatable bonds is 6. The number of nitrogens with zero attached hydrogens (tertiary/aromatic N) is 5. The molecule has 2 aromatic carbocycles. The SMILES string of the molecule is CC(C)CC1C(=O)N(Cc2ccc3c(N)ncnc3c2)CCN1Cc1cc2ccc(Cl)cc2cn1. The lowest BCUT2D eigenvalue weighted by Crippen LogP contribution is -2.56. The fraction of sp³-hybridized carbons (Fsp3) is 0.333. The van der Waals surface area contributed by atoms with E-state index in [1.807, 2.05) is 47.5 Å². The maximum Gasteiger partial charge on any atom is 0.240 e. The molecule has 0 bridgehead atoms. The number of pyridine rings is 1. The molecular formula is C27H29ClN6O. The van der Waals surface area contributed by atoms with Crippen molar-refractivity contribution in [3.63, 3.8) is 0 Å². The smallest absolute Gasteiger partial charge is 0.240 e. The van der Waals surface area contributed by atoms with E-state index in [1.54, 1.807) is 0 Å². The fourth-order valence-electron chi connectivity index (χ4n) is 4.82. The first-order chi connectivity index (χ1) is 16.9. The molecule has 180 valence electrons. The van der Waals surface area contributed by atoms with Gasteiger partial charge in [0.2, 0.25) is 5.91 Å². The third kappa shape index (κ3) is 5.06. The number of anilines is 1. The van der Waals surface area contributed by atoms with Crippen LogP contribution in [0.5, 0.6) is 0 Å². The van der Waals surface area contributed by atoms with Gasteiger partial charge < -0.3 is 10.6 Å². The molecule has 8 heteroatoms. The molecular weight excluding hydrogens is 460 g/mol. The van der Waals surface area contributed by atoms with Gasteiger partial charge in [0.05, 0.1) is 17.3 Å². The van der Waals surface area contributed by atoms with Crippen molar-refractivity contribution in [3.8, 4) is 0 Å². The number of hydrogen-bond acceptors (Lipinski definition) is 6. The maximum atomic E-state index is 13.6. The van der Waals surface area contributed by atoms with Crippen LogP contribution < -0.4 is 5.73 Å². The number of nitrogen functional groups attached to an aromatic ring is 1. The summed E-state index contributed by atoms with van der Waals surface area (Å²) >= 11 is 6.11. The summed E-state index contributed by atoms with van der Waals surface area (Å²) in [5.74, 6) is 1.03. The minimum absolute atomic E-state index is 0.166. The molecule has 1 atom stereocenters. The average molecular weight is 489 g/mol. The van der Waals surface area contributed by atoms with Gasteiger partial charge in [-0.3, -0.25) is 14.7 Å². The van der Waals surface area contributed by atoms with Crippen molar-refractivity contribution < 1.29 is 4.79 Å². The lowest BCUT2D eigenvalue weighted by atomic mass is 9.98. The normalized spacial score (nSPS) is 17.1. The first-order valence-corrected chi connectivity index (χ1v) is 12.3. The summed E-state index contributed by atoms with van der Waals surface area (Å²) in [4.78, 5) is 30.9. The number of piperazine rings is 1. The lowest BCUT2D eigenvalue weighted by Gasteiger charge is -2.41. The van der Waals surface area contributed by atoms with E-state index in [0.29, 0.717) is 36.4 Å². The Bertz CT molecular complexity index is 1390. The molecule has 1 unspecified atom stereocenters. The Morgan fingerprint density at radius 2 is 1.89 bits per heavy atom. The van der Waals surface area contributed by atoms with Crippen LogP contribution in [0.25, 0.3) is 21.7 Å². The number of carbonyl (C=O) groups is 1. The molecule has 4 aromatic rings. The molecule has 1 aliphatic rings. The molecule has 1 saturated heterocycles. The van der Waals surface area contributed by atoms with Crippen LogP contribution in [-0.2, 0) is 17.9 Å².